The molecule has 0 fully saturated rings. The van der Waals surface area contributed by atoms with Gasteiger partial charge in [-0.25, -0.2) is 4.39 Å². The van der Waals surface area contributed by atoms with Gasteiger partial charge in [0.05, 0.1) is 0 Å². The Morgan fingerprint density at radius 1 is 1.13 bits per heavy atom. The Kier molecular flexibility index (Phi) is 3.68. The average Bonchev–Trinajstić information content (AvgIpc) is 2.15. The SMILES string of the molecule is NC(CCc1ccc(F)cc1)C(F)(F)F. The van der Waals surface area contributed by atoms with Gasteiger partial charge >= 0.3 is 6.18 Å². The number of hydrogen-bond donors (Lipinski definition) is 1. The van der Waals surface area contributed by atoms with Gasteiger partial charge in [0, 0.05) is 0 Å². The van der Waals surface area contributed by atoms with E-state index in [1.807, 2.05) is 0 Å². The Balaban J connectivity index is 2.47. The van der Waals surface area contributed by atoms with Crippen molar-refractivity contribution in [3.05, 3.63) is 35.6 Å². The predicted molar refractivity (Wildman–Crippen MR) is 48.8 cm³/mol. The molecule has 0 aliphatic carbocycles. The van der Waals surface area contributed by atoms with Crippen LogP contribution in [0.1, 0.15) is 12.0 Å². The molecule has 1 aromatic rings. The highest BCUT2D eigenvalue weighted by atomic mass is 19.4. The van der Waals surface area contributed by atoms with Crippen molar-refractivity contribution in [3.63, 3.8) is 0 Å². The van der Waals surface area contributed by atoms with E-state index in [2.05, 4.69) is 0 Å². The van der Waals surface area contributed by atoms with Gasteiger partial charge in [-0.3, -0.25) is 0 Å². The normalized spacial score (nSPS) is 13.9. The van der Waals surface area contributed by atoms with Gasteiger partial charge < -0.3 is 5.73 Å². The van der Waals surface area contributed by atoms with Gasteiger partial charge in [-0.15, -0.1) is 0 Å². The van der Waals surface area contributed by atoms with E-state index in [9.17, 15) is 17.6 Å². The van der Waals surface area contributed by atoms with Gasteiger partial charge in [0.2, 0.25) is 0 Å². The highest BCUT2D eigenvalue weighted by Gasteiger charge is 2.35. The number of alkyl halides is 3. The topological polar surface area (TPSA) is 26.0 Å². The van der Waals surface area contributed by atoms with Crippen LogP contribution in [0.4, 0.5) is 17.6 Å². The van der Waals surface area contributed by atoms with Gasteiger partial charge in [-0.05, 0) is 30.5 Å². The maximum Gasteiger partial charge on any atom is 0.403 e. The highest BCUT2D eigenvalue weighted by Crippen LogP contribution is 2.21. The lowest BCUT2D eigenvalue weighted by atomic mass is 10.1. The molecular formula is C10H11F4N. The Labute approximate surface area is 84.9 Å². The number of benzene rings is 1. The van der Waals surface area contributed by atoms with E-state index in [0.29, 0.717) is 5.56 Å². The summed E-state index contributed by atoms with van der Waals surface area (Å²) in [5.41, 5.74) is 5.58. The van der Waals surface area contributed by atoms with Crippen molar-refractivity contribution in [3.8, 4) is 0 Å². The van der Waals surface area contributed by atoms with Crippen LogP contribution in [0.15, 0.2) is 24.3 Å². The second-order valence-corrected chi connectivity index (χ2v) is 3.31. The van der Waals surface area contributed by atoms with Crippen LogP contribution < -0.4 is 5.73 Å². The Morgan fingerprint density at radius 3 is 2.13 bits per heavy atom. The quantitative estimate of drug-likeness (QED) is 0.780. The standard InChI is InChI=1S/C10H11F4N/c11-8-4-1-7(2-5-8)3-6-9(15)10(12,13)14/h1-2,4-5,9H,3,6,15H2. The van der Waals surface area contributed by atoms with Crippen LogP contribution in [0, 0.1) is 5.82 Å². The number of rotatable bonds is 3. The molecule has 5 heteroatoms. The number of hydrogen-bond acceptors (Lipinski definition) is 1. The Bertz CT molecular complexity index is 304. The van der Waals surface area contributed by atoms with E-state index in [1.54, 1.807) is 0 Å². The van der Waals surface area contributed by atoms with Crippen molar-refractivity contribution in [1.82, 2.24) is 0 Å². The highest BCUT2D eigenvalue weighted by molar-refractivity contribution is 5.16. The van der Waals surface area contributed by atoms with Crippen molar-refractivity contribution in [2.24, 2.45) is 5.73 Å². The third kappa shape index (κ3) is 3.87. The number of halogens is 4. The molecule has 0 aliphatic rings. The van der Waals surface area contributed by atoms with Gasteiger partial charge in [-0.2, -0.15) is 13.2 Å². The van der Waals surface area contributed by atoms with Crippen molar-refractivity contribution in [2.45, 2.75) is 25.1 Å². The zero-order valence-electron chi connectivity index (χ0n) is 7.89. The lowest BCUT2D eigenvalue weighted by molar-refractivity contribution is -0.148. The van der Waals surface area contributed by atoms with Gasteiger partial charge in [-0.1, -0.05) is 12.1 Å². The summed E-state index contributed by atoms with van der Waals surface area (Å²) in [4.78, 5) is 0. The molecule has 0 bridgehead atoms. The summed E-state index contributed by atoms with van der Waals surface area (Å²) in [6.45, 7) is 0. The third-order valence-electron chi connectivity index (χ3n) is 2.08. The molecule has 1 atom stereocenters. The van der Waals surface area contributed by atoms with Crippen LogP contribution in [0.25, 0.3) is 0 Å². The van der Waals surface area contributed by atoms with Crippen LogP contribution in [0.2, 0.25) is 0 Å². The summed E-state index contributed by atoms with van der Waals surface area (Å²) in [6.07, 6.45) is -4.35. The molecule has 1 aromatic carbocycles. The second-order valence-electron chi connectivity index (χ2n) is 3.31. The molecule has 84 valence electrons. The molecule has 0 saturated carbocycles. The van der Waals surface area contributed by atoms with Crippen LogP contribution in [-0.2, 0) is 6.42 Å². The summed E-state index contributed by atoms with van der Waals surface area (Å²) in [7, 11) is 0. The molecule has 0 aliphatic heterocycles. The maximum atomic E-state index is 12.5. The van der Waals surface area contributed by atoms with Gasteiger partial charge in [0.1, 0.15) is 11.9 Å². The fourth-order valence-corrected chi connectivity index (χ4v) is 1.14. The maximum absolute atomic E-state index is 12.5. The molecule has 1 unspecified atom stereocenters. The van der Waals surface area contributed by atoms with Crippen LogP contribution >= 0.6 is 0 Å². The zero-order chi connectivity index (χ0) is 11.5. The largest absolute Gasteiger partial charge is 0.403 e. The lowest BCUT2D eigenvalue weighted by Crippen LogP contribution is -2.37. The van der Waals surface area contributed by atoms with Crippen LogP contribution in [-0.4, -0.2) is 12.2 Å². The van der Waals surface area contributed by atoms with E-state index in [0.717, 1.165) is 0 Å². The molecule has 15 heavy (non-hydrogen) atoms. The molecule has 0 spiro atoms. The summed E-state index contributed by atoms with van der Waals surface area (Å²) in [6, 6.07) is 3.53. The molecule has 0 radical (unpaired) electrons. The molecule has 2 N–H and O–H groups in total. The minimum atomic E-state index is -4.36. The van der Waals surface area contributed by atoms with E-state index in [4.69, 9.17) is 5.73 Å². The van der Waals surface area contributed by atoms with Crippen molar-refractivity contribution < 1.29 is 17.6 Å². The van der Waals surface area contributed by atoms with Crippen molar-refractivity contribution in [2.75, 3.05) is 0 Å². The molecular weight excluding hydrogens is 210 g/mol. The fraction of sp³-hybridized carbons (Fsp3) is 0.400. The number of nitrogens with two attached hydrogens (primary N) is 1. The van der Waals surface area contributed by atoms with E-state index in [-0.39, 0.29) is 12.8 Å². The molecule has 0 aromatic heterocycles. The molecule has 0 amide bonds. The summed E-state index contributed by atoms with van der Waals surface area (Å²) < 4.78 is 48.6. The zero-order valence-corrected chi connectivity index (χ0v) is 7.89. The first-order valence-corrected chi connectivity index (χ1v) is 4.46. The molecule has 0 saturated heterocycles. The minimum absolute atomic E-state index is 0.185. The third-order valence-corrected chi connectivity index (χ3v) is 2.08. The first-order chi connectivity index (χ1) is 6.89. The van der Waals surface area contributed by atoms with Crippen molar-refractivity contribution >= 4 is 0 Å². The van der Waals surface area contributed by atoms with Crippen LogP contribution in [0.3, 0.4) is 0 Å². The van der Waals surface area contributed by atoms with E-state index < -0.39 is 18.0 Å². The summed E-state index contributed by atoms with van der Waals surface area (Å²) in [5.74, 6) is -0.404. The Hall–Kier alpha value is -1.10. The second kappa shape index (κ2) is 4.61. The van der Waals surface area contributed by atoms with Gasteiger partial charge in [0.15, 0.2) is 0 Å². The lowest BCUT2D eigenvalue weighted by Gasteiger charge is -2.14. The first-order valence-electron chi connectivity index (χ1n) is 4.46. The predicted octanol–water partition coefficient (Wildman–Crippen LogP) is 2.65. The van der Waals surface area contributed by atoms with E-state index in [1.165, 1.54) is 24.3 Å². The monoisotopic (exact) mass is 221 g/mol. The van der Waals surface area contributed by atoms with Crippen LogP contribution in [0.5, 0.6) is 0 Å². The van der Waals surface area contributed by atoms with Crippen molar-refractivity contribution in [1.29, 1.82) is 0 Å². The smallest absolute Gasteiger partial charge is 0.320 e. The van der Waals surface area contributed by atoms with E-state index >= 15 is 0 Å². The Morgan fingerprint density at radius 2 is 1.67 bits per heavy atom. The fourth-order valence-electron chi connectivity index (χ4n) is 1.14. The summed E-state index contributed by atoms with van der Waals surface area (Å²) >= 11 is 0. The summed E-state index contributed by atoms with van der Waals surface area (Å²) in [5, 5.41) is 0. The first kappa shape index (κ1) is 12.0. The molecule has 0 heterocycles. The molecule has 1 rings (SSSR count). The van der Waals surface area contributed by atoms with Gasteiger partial charge in [0.25, 0.3) is 0 Å². The molecule has 1 nitrogen and oxygen atoms in total. The minimum Gasteiger partial charge on any atom is -0.320 e. The number of aryl methyl sites for hydroxylation is 1. The average molecular weight is 221 g/mol.